The van der Waals surface area contributed by atoms with Gasteiger partial charge in [0, 0.05) is 12.4 Å². The summed E-state index contributed by atoms with van der Waals surface area (Å²) in [5.74, 6) is 0.837. The van der Waals surface area contributed by atoms with Crippen LogP contribution in [0.5, 0.6) is 5.75 Å². The summed E-state index contributed by atoms with van der Waals surface area (Å²) in [6.07, 6.45) is 3.40. The lowest BCUT2D eigenvalue weighted by Gasteiger charge is -2.02. The van der Waals surface area contributed by atoms with Gasteiger partial charge in [0.25, 0.3) is 0 Å². The smallest absolute Gasteiger partial charge is 0.139 e. The standard InChI is InChI=1S/C7H10N2O/c1-8-6-10-7-2-4-9-5-3-7/h2-5,8H,6H2,1H3. The van der Waals surface area contributed by atoms with Gasteiger partial charge in [-0.3, -0.25) is 10.3 Å². The van der Waals surface area contributed by atoms with Crippen LogP contribution in [0.4, 0.5) is 0 Å². The SMILES string of the molecule is CNCOc1ccncc1. The third kappa shape index (κ3) is 2.03. The summed E-state index contributed by atoms with van der Waals surface area (Å²) >= 11 is 0. The van der Waals surface area contributed by atoms with Crippen molar-refractivity contribution in [1.82, 2.24) is 10.3 Å². The average Bonchev–Trinajstić information content (AvgIpc) is 2.03. The first-order valence-electron chi connectivity index (χ1n) is 3.11. The molecule has 0 unspecified atom stereocenters. The molecule has 1 heterocycles. The molecule has 0 saturated carbocycles. The Hall–Kier alpha value is -1.09. The predicted octanol–water partition coefficient (Wildman–Crippen LogP) is 0.637. The molecule has 0 amide bonds. The summed E-state index contributed by atoms with van der Waals surface area (Å²) in [6, 6.07) is 3.63. The molecular formula is C7H10N2O. The second kappa shape index (κ2) is 3.85. The topological polar surface area (TPSA) is 34.1 Å². The van der Waals surface area contributed by atoms with Crippen LogP contribution in [0, 0.1) is 0 Å². The van der Waals surface area contributed by atoms with Gasteiger partial charge in [0.15, 0.2) is 0 Å². The number of nitrogens with one attached hydrogen (secondary N) is 1. The lowest BCUT2D eigenvalue weighted by molar-refractivity contribution is 0.295. The highest BCUT2D eigenvalue weighted by molar-refractivity contribution is 5.16. The molecule has 0 bridgehead atoms. The van der Waals surface area contributed by atoms with Crippen molar-refractivity contribution in [2.75, 3.05) is 13.8 Å². The highest BCUT2D eigenvalue weighted by atomic mass is 16.5. The molecule has 0 aromatic carbocycles. The molecule has 0 radical (unpaired) electrons. The number of hydrogen-bond acceptors (Lipinski definition) is 3. The van der Waals surface area contributed by atoms with E-state index in [9.17, 15) is 0 Å². The summed E-state index contributed by atoms with van der Waals surface area (Å²) in [6.45, 7) is 0.532. The lowest BCUT2D eigenvalue weighted by Crippen LogP contribution is -2.13. The van der Waals surface area contributed by atoms with E-state index in [-0.39, 0.29) is 0 Å². The first kappa shape index (κ1) is 7.02. The Balaban J connectivity index is 2.43. The molecule has 10 heavy (non-hydrogen) atoms. The quantitative estimate of drug-likeness (QED) is 0.622. The van der Waals surface area contributed by atoms with Crippen molar-refractivity contribution in [3.63, 3.8) is 0 Å². The van der Waals surface area contributed by atoms with Gasteiger partial charge in [-0.2, -0.15) is 0 Å². The van der Waals surface area contributed by atoms with Crippen LogP contribution in [-0.4, -0.2) is 18.8 Å². The predicted molar refractivity (Wildman–Crippen MR) is 38.8 cm³/mol. The van der Waals surface area contributed by atoms with Crippen LogP contribution in [-0.2, 0) is 0 Å². The fourth-order valence-electron chi connectivity index (χ4n) is 0.590. The van der Waals surface area contributed by atoms with Crippen LogP contribution in [0.3, 0.4) is 0 Å². The van der Waals surface area contributed by atoms with Crippen molar-refractivity contribution in [1.29, 1.82) is 0 Å². The fourth-order valence-corrected chi connectivity index (χ4v) is 0.590. The average molecular weight is 138 g/mol. The van der Waals surface area contributed by atoms with Crippen molar-refractivity contribution < 1.29 is 4.74 Å². The molecule has 54 valence electrons. The highest BCUT2D eigenvalue weighted by Crippen LogP contribution is 2.04. The van der Waals surface area contributed by atoms with E-state index in [1.165, 1.54) is 0 Å². The van der Waals surface area contributed by atoms with Crippen LogP contribution in [0.15, 0.2) is 24.5 Å². The molecule has 1 N–H and O–H groups in total. The normalized spacial score (nSPS) is 9.30. The summed E-state index contributed by atoms with van der Waals surface area (Å²) in [7, 11) is 1.83. The summed E-state index contributed by atoms with van der Waals surface area (Å²) < 4.78 is 5.20. The fraction of sp³-hybridized carbons (Fsp3) is 0.286. The summed E-state index contributed by atoms with van der Waals surface area (Å²) in [4.78, 5) is 3.85. The third-order valence-electron chi connectivity index (χ3n) is 1.03. The number of rotatable bonds is 3. The highest BCUT2D eigenvalue weighted by Gasteiger charge is 1.86. The van der Waals surface area contributed by atoms with Crippen molar-refractivity contribution in [2.45, 2.75) is 0 Å². The minimum Gasteiger partial charge on any atom is -0.478 e. The first-order valence-corrected chi connectivity index (χ1v) is 3.11. The molecule has 3 heteroatoms. The van der Waals surface area contributed by atoms with Crippen molar-refractivity contribution in [3.8, 4) is 5.75 Å². The van der Waals surface area contributed by atoms with Gasteiger partial charge in [-0.05, 0) is 19.2 Å². The molecule has 0 fully saturated rings. The van der Waals surface area contributed by atoms with Crippen LogP contribution in [0.25, 0.3) is 0 Å². The number of pyridine rings is 1. The maximum absolute atomic E-state index is 5.20. The molecule has 0 aliphatic rings. The summed E-state index contributed by atoms with van der Waals surface area (Å²) in [5, 5.41) is 2.87. The molecule has 0 aliphatic carbocycles. The molecule has 0 saturated heterocycles. The van der Waals surface area contributed by atoms with Gasteiger partial charge in [0.2, 0.25) is 0 Å². The molecule has 3 nitrogen and oxygen atoms in total. The molecule has 1 rings (SSSR count). The maximum atomic E-state index is 5.20. The first-order chi connectivity index (χ1) is 4.93. The Morgan fingerprint density at radius 3 is 2.80 bits per heavy atom. The number of nitrogens with zero attached hydrogens (tertiary/aromatic N) is 1. The van der Waals surface area contributed by atoms with E-state index in [0.29, 0.717) is 6.73 Å². The van der Waals surface area contributed by atoms with Crippen molar-refractivity contribution in [2.24, 2.45) is 0 Å². The van der Waals surface area contributed by atoms with E-state index >= 15 is 0 Å². The molecule has 1 aromatic heterocycles. The van der Waals surface area contributed by atoms with Gasteiger partial charge >= 0.3 is 0 Å². The van der Waals surface area contributed by atoms with E-state index in [1.54, 1.807) is 12.4 Å². The van der Waals surface area contributed by atoms with Gasteiger partial charge in [-0.1, -0.05) is 0 Å². The Morgan fingerprint density at radius 1 is 1.50 bits per heavy atom. The third-order valence-corrected chi connectivity index (χ3v) is 1.03. The maximum Gasteiger partial charge on any atom is 0.139 e. The molecule has 0 spiro atoms. The number of aromatic nitrogens is 1. The van der Waals surface area contributed by atoms with Gasteiger partial charge in [0.05, 0.1) is 0 Å². The Labute approximate surface area is 60.0 Å². The minimum atomic E-state index is 0.532. The van der Waals surface area contributed by atoms with Gasteiger partial charge in [0.1, 0.15) is 12.5 Å². The van der Waals surface area contributed by atoms with E-state index in [0.717, 1.165) is 5.75 Å². The molecular weight excluding hydrogens is 128 g/mol. The van der Waals surface area contributed by atoms with Crippen molar-refractivity contribution >= 4 is 0 Å². The zero-order chi connectivity index (χ0) is 7.23. The molecule has 1 aromatic rings. The van der Waals surface area contributed by atoms with Crippen LogP contribution >= 0.6 is 0 Å². The molecule has 0 aliphatic heterocycles. The van der Waals surface area contributed by atoms with E-state index in [2.05, 4.69) is 10.3 Å². The van der Waals surface area contributed by atoms with Crippen LogP contribution in [0.1, 0.15) is 0 Å². The number of ether oxygens (including phenoxy) is 1. The monoisotopic (exact) mass is 138 g/mol. The Bertz CT molecular complexity index is 176. The van der Waals surface area contributed by atoms with Crippen molar-refractivity contribution in [3.05, 3.63) is 24.5 Å². The second-order valence-corrected chi connectivity index (χ2v) is 1.83. The Kier molecular flexibility index (Phi) is 2.70. The van der Waals surface area contributed by atoms with Gasteiger partial charge in [-0.15, -0.1) is 0 Å². The largest absolute Gasteiger partial charge is 0.478 e. The van der Waals surface area contributed by atoms with Gasteiger partial charge in [-0.25, -0.2) is 0 Å². The Morgan fingerprint density at radius 2 is 2.20 bits per heavy atom. The molecule has 0 atom stereocenters. The van der Waals surface area contributed by atoms with Gasteiger partial charge < -0.3 is 4.74 Å². The van der Waals surface area contributed by atoms with E-state index in [4.69, 9.17) is 4.74 Å². The number of hydrogen-bond donors (Lipinski definition) is 1. The second-order valence-electron chi connectivity index (χ2n) is 1.83. The zero-order valence-corrected chi connectivity index (χ0v) is 5.87. The summed E-state index contributed by atoms with van der Waals surface area (Å²) in [5.41, 5.74) is 0. The zero-order valence-electron chi connectivity index (χ0n) is 5.87. The lowest BCUT2D eigenvalue weighted by atomic mass is 10.5. The van der Waals surface area contributed by atoms with Crippen LogP contribution in [0.2, 0.25) is 0 Å². The minimum absolute atomic E-state index is 0.532. The van der Waals surface area contributed by atoms with Crippen LogP contribution < -0.4 is 10.1 Å². The van der Waals surface area contributed by atoms with E-state index < -0.39 is 0 Å². The van der Waals surface area contributed by atoms with E-state index in [1.807, 2.05) is 19.2 Å².